The molecule has 0 aliphatic rings. The first-order valence-electron chi connectivity index (χ1n) is 9.11. The van der Waals surface area contributed by atoms with Crippen molar-refractivity contribution in [1.29, 1.82) is 0 Å². The number of hydrogen-bond donors (Lipinski definition) is 0. The minimum atomic E-state index is -0.558. The van der Waals surface area contributed by atoms with E-state index >= 15 is 0 Å². The molecule has 0 aliphatic heterocycles. The third kappa shape index (κ3) is 6.27. The Morgan fingerprint density at radius 1 is 0.929 bits per heavy atom. The number of esters is 2. The smallest absolute Gasteiger partial charge is 0.344 e. The second kappa shape index (κ2) is 9.22. The molecule has 2 aromatic carbocycles. The SMILES string of the molecule is C=C(C(=O)OC(C)(C)C)c1ccc(-c2ccc(OCC(=O)OCC)cc2)cc1. The van der Waals surface area contributed by atoms with Crippen molar-refractivity contribution in [2.24, 2.45) is 0 Å². The summed E-state index contributed by atoms with van der Waals surface area (Å²) >= 11 is 0. The predicted molar refractivity (Wildman–Crippen MR) is 109 cm³/mol. The molecule has 0 N–H and O–H groups in total. The zero-order valence-electron chi connectivity index (χ0n) is 16.8. The lowest BCUT2D eigenvalue weighted by Gasteiger charge is -2.20. The van der Waals surface area contributed by atoms with Gasteiger partial charge in [0.05, 0.1) is 12.2 Å². The predicted octanol–water partition coefficient (Wildman–Crippen LogP) is 4.65. The average Bonchev–Trinajstić information content (AvgIpc) is 2.65. The van der Waals surface area contributed by atoms with E-state index in [0.29, 0.717) is 23.5 Å². The maximum atomic E-state index is 12.1. The van der Waals surface area contributed by atoms with Gasteiger partial charge in [-0.2, -0.15) is 0 Å². The highest BCUT2D eigenvalue weighted by Gasteiger charge is 2.19. The van der Waals surface area contributed by atoms with Gasteiger partial charge in [0.25, 0.3) is 0 Å². The van der Waals surface area contributed by atoms with E-state index in [9.17, 15) is 9.59 Å². The molecule has 148 valence electrons. The van der Waals surface area contributed by atoms with Crippen LogP contribution in [0.3, 0.4) is 0 Å². The van der Waals surface area contributed by atoms with Crippen molar-refractivity contribution in [3.63, 3.8) is 0 Å². The third-order valence-electron chi connectivity index (χ3n) is 3.73. The summed E-state index contributed by atoms with van der Waals surface area (Å²) in [6.07, 6.45) is 0. The second-order valence-corrected chi connectivity index (χ2v) is 7.18. The standard InChI is InChI=1S/C23H26O5/c1-6-26-21(24)15-27-20-13-11-19(12-14-20)18-9-7-17(8-10-18)16(2)22(25)28-23(3,4)5/h7-14H,2,6,15H2,1,3-5H3. The van der Waals surface area contributed by atoms with Gasteiger partial charge in [-0.15, -0.1) is 0 Å². The van der Waals surface area contributed by atoms with E-state index in [1.165, 1.54) is 0 Å². The Morgan fingerprint density at radius 3 is 1.96 bits per heavy atom. The summed E-state index contributed by atoms with van der Waals surface area (Å²) in [5.74, 6) is -0.234. The van der Waals surface area contributed by atoms with E-state index in [1.54, 1.807) is 19.1 Å². The molecule has 0 bridgehead atoms. The quantitative estimate of drug-likeness (QED) is 0.515. The summed E-state index contributed by atoms with van der Waals surface area (Å²) < 4.78 is 15.6. The summed E-state index contributed by atoms with van der Waals surface area (Å²) in [6, 6.07) is 14.9. The van der Waals surface area contributed by atoms with Crippen molar-refractivity contribution in [2.75, 3.05) is 13.2 Å². The van der Waals surface area contributed by atoms with Crippen LogP contribution in [0.5, 0.6) is 5.75 Å². The number of ether oxygens (including phenoxy) is 3. The topological polar surface area (TPSA) is 61.8 Å². The van der Waals surface area contributed by atoms with Gasteiger partial charge >= 0.3 is 11.9 Å². The van der Waals surface area contributed by atoms with Crippen LogP contribution in [-0.2, 0) is 19.1 Å². The molecular formula is C23H26O5. The zero-order valence-corrected chi connectivity index (χ0v) is 16.8. The largest absolute Gasteiger partial charge is 0.482 e. The maximum Gasteiger partial charge on any atom is 0.344 e. The highest BCUT2D eigenvalue weighted by Crippen LogP contribution is 2.25. The van der Waals surface area contributed by atoms with E-state index < -0.39 is 17.5 Å². The van der Waals surface area contributed by atoms with E-state index in [0.717, 1.165) is 11.1 Å². The molecule has 2 aromatic rings. The van der Waals surface area contributed by atoms with Gasteiger partial charge in [0.2, 0.25) is 0 Å². The molecule has 0 fully saturated rings. The van der Waals surface area contributed by atoms with Gasteiger partial charge in [-0.25, -0.2) is 9.59 Å². The van der Waals surface area contributed by atoms with Crippen molar-refractivity contribution in [2.45, 2.75) is 33.3 Å². The van der Waals surface area contributed by atoms with Crippen LogP contribution in [0, 0.1) is 0 Å². The molecule has 0 atom stereocenters. The summed E-state index contributed by atoms with van der Waals surface area (Å²) in [7, 11) is 0. The Hall–Kier alpha value is -3.08. The van der Waals surface area contributed by atoms with Crippen molar-refractivity contribution < 1.29 is 23.8 Å². The summed E-state index contributed by atoms with van der Waals surface area (Å²) in [4.78, 5) is 23.5. The summed E-state index contributed by atoms with van der Waals surface area (Å²) in [5.41, 5.74) is 2.45. The normalized spacial score (nSPS) is 10.9. The van der Waals surface area contributed by atoms with Crippen LogP contribution in [0.15, 0.2) is 55.1 Å². The van der Waals surface area contributed by atoms with Crippen LogP contribution in [0.4, 0.5) is 0 Å². The fourth-order valence-corrected chi connectivity index (χ4v) is 2.41. The van der Waals surface area contributed by atoms with Gasteiger partial charge in [0.1, 0.15) is 11.4 Å². The Labute approximate surface area is 165 Å². The first kappa shape index (κ1) is 21.2. The molecule has 0 amide bonds. The lowest BCUT2D eigenvalue weighted by Crippen LogP contribution is -2.24. The van der Waals surface area contributed by atoms with Crippen molar-refractivity contribution >= 4 is 17.5 Å². The van der Waals surface area contributed by atoms with Gasteiger partial charge in [0.15, 0.2) is 6.61 Å². The Morgan fingerprint density at radius 2 is 1.46 bits per heavy atom. The van der Waals surface area contributed by atoms with E-state index in [-0.39, 0.29) is 6.61 Å². The third-order valence-corrected chi connectivity index (χ3v) is 3.73. The lowest BCUT2D eigenvalue weighted by molar-refractivity contribution is -0.147. The first-order chi connectivity index (χ1) is 13.2. The zero-order chi connectivity index (χ0) is 20.7. The van der Waals surface area contributed by atoms with Gasteiger partial charge in [-0.3, -0.25) is 0 Å². The lowest BCUT2D eigenvalue weighted by atomic mass is 10.0. The average molecular weight is 382 g/mol. The molecule has 0 unspecified atom stereocenters. The fourth-order valence-electron chi connectivity index (χ4n) is 2.41. The van der Waals surface area contributed by atoms with Crippen LogP contribution in [0.1, 0.15) is 33.3 Å². The summed E-state index contributed by atoms with van der Waals surface area (Å²) in [5, 5.41) is 0. The van der Waals surface area contributed by atoms with E-state index in [2.05, 4.69) is 6.58 Å². The molecule has 0 spiro atoms. The molecule has 0 saturated carbocycles. The molecule has 2 rings (SSSR count). The van der Waals surface area contributed by atoms with Gasteiger partial charge in [0, 0.05) is 0 Å². The fraction of sp³-hybridized carbons (Fsp3) is 0.304. The van der Waals surface area contributed by atoms with Gasteiger partial charge in [-0.1, -0.05) is 43.0 Å². The minimum absolute atomic E-state index is 0.116. The van der Waals surface area contributed by atoms with Crippen LogP contribution >= 0.6 is 0 Å². The Balaban J connectivity index is 2.02. The highest BCUT2D eigenvalue weighted by molar-refractivity contribution is 6.15. The van der Waals surface area contributed by atoms with Gasteiger partial charge in [-0.05, 0) is 56.5 Å². The number of carbonyl (C=O) groups excluding carboxylic acids is 2. The molecule has 0 heterocycles. The molecular weight excluding hydrogens is 356 g/mol. The number of rotatable bonds is 7. The van der Waals surface area contributed by atoms with Crippen LogP contribution in [0.2, 0.25) is 0 Å². The van der Waals surface area contributed by atoms with E-state index in [1.807, 2.05) is 57.2 Å². The Kier molecular flexibility index (Phi) is 6.99. The molecule has 0 radical (unpaired) electrons. The molecule has 0 aromatic heterocycles. The molecule has 0 saturated heterocycles. The molecule has 28 heavy (non-hydrogen) atoms. The van der Waals surface area contributed by atoms with Crippen LogP contribution in [-0.4, -0.2) is 30.8 Å². The number of benzene rings is 2. The minimum Gasteiger partial charge on any atom is -0.482 e. The number of hydrogen-bond acceptors (Lipinski definition) is 5. The molecule has 5 nitrogen and oxygen atoms in total. The molecule has 0 aliphatic carbocycles. The maximum absolute atomic E-state index is 12.1. The Bertz CT molecular complexity index is 827. The van der Waals surface area contributed by atoms with Gasteiger partial charge < -0.3 is 14.2 Å². The van der Waals surface area contributed by atoms with Crippen molar-refractivity contribution in [1.82, 2.24) is 0 Å². The second-order valence-electron chi connectivity index (χ2n) is 7.18. The number of carbonyl (C=O) groups is 2. The monoisotopic (exact) mass is 382 g/mol. The van der Waals surface area contributed by atoms with E-state index in [4.69, 9.17) is 14.2 Å². The first-order valence-corrected chi connectivity index (χ1v) is 9.11. The van der Waals surface area contributed by atoms with Crippen LogP contribution in [0.25, 0.3) is 16.7 Å². The van der Waals surface area contributed by atoms with Crippen molar-refractivity contribution in [3.8, 4) is 16.9 Å². The van der Waals surface area contributed by atoms with Crippen molar-refractivity contribution in [3.05, 3.63) is 60.7 Å². The van der Waals surface area contributed by atoms with Crippen LogP contribution < -0.4 is 4.74 Å². The summed E-state index contributed by atoms with van der Waals surface area (Å²) in [6.45, 7) is 11.3. The molecule has 5 heteroatoms. The highest BCUT2D eigenvalue weighted by atomic mass is 16.6.